The van der Waals surface area contributed by atoms with Gasteiger partial charge in [0.05, 0.1) is 0 Å². The molecule has 0 N–H and O–H groups in total. The minimum atomic E-state index is -0.357. The fourth-order valence-electron chi connectivity index (χ4n) is 3.31. The van der Waals surface area contributed by atoms with Gasteiger partial charge < -0.3 is 9.80 Å². The van der Waals surface area contributed by atoms with Crippen molar-refractivity contribution in [3.63, 3.8) is 0 Å². The number of rotatable bonds is 3. The molecule has 5 heteroatoms. The second-order valence-corrected chi connectivity index (χ2v) is 6.09. The molecule has 2 aliphatic heterocycles. The monoisotopic (exact) mass is 304 g/mol. The largest absolute Gasteiger partial charge is 0.341 e. The topological polar surface area (TPSA) is 40.6 Å². The van der Waals surface area contributed by atoms with Crippen molar-refractivity contribution in [3.05, 3.63) is 35.6 Å². The average molecular weight is 304 g/mol. The minimum absolute atomic E-state index is 0.0214. The summed E-state index contributed by atoms with van der Waals surface area (Å²) in [4.78, 5) is 28.5. The molecule has 2 aliphatic rings. The van der Waals surface area contributed by atoms with Crippen LogP contribution < -0.4 is 0 Å². The second kappa shape index (κ2) is 6.46. The van der Waals surface area contributed by atoms with E-state index < -0.39 is 0 Å². The maximum absolute atomic E-state index is 13.0. The molecule has 0 radical (unpaired) electrons. The van der Waals surface area contributed by atoms with Gasteiger partial charge in [0.1, 0.15) is 11.9 Å². The van der Waals surface area contributed by atoms with Gasteiger partial charge in [0.25, 0.3) is 0 Å². The van der Waals surface area contributed by atoms with Gasteiger partial charge in [-0.3, -0.25) is 9.59 Å². The lowest BCUT2D eigenvalue weighted by Gasteiger charge is -2.36. The van der Waals surface area contributed by atoms with Gasteiger partial charge in [-0.1, -0.05) is 12.1 Å². The van der Waals surface area contributed by atoms with E-state index in [1.165, 1.54) is 12.1 Å². The summed E-state index contributed by atoms with van der Waals surface area (Å²) in [7, 11) is 0. The normalized spacial score (nSPS) is 22.2. The van der Waals surface area contributed by atoms with Gasteiger partial charge in [-0.15, -0.1) is 0 Å². The van der Waals surface area contributed by atoms with Crippen LogP contribution in [0.25, 0.3) is 0 Å². The molecule has 2 fully saturated rings. The Labute approximate surface area is 129 Å². The molecule has 3 rings (SSSR count). The van der Waals surface area contributed by atoms with Crippen molar-refractivity contribution < 1.29 is 14.0 Å². The number of amides is 2. The summed E-state index contributed by atoms with van der Waals surface area (Å²) in [6.07, 6.45) is 4.07. The highest BCUT2D eigenvalue weighted by Gasteiger charge is 2.36. The van der Waals surface area contributed by atoms with Gasteiger partial charge in [0.2, 0.25) is 11.8 Å². The Morgan fingerprint density at radius 1 is 1.14 bits per heavy atom. The molecule has 1 aromatic rings. The van der Waals surface area contributed by atoms with Gasteiger partial charge in [0.15, 0.2) is 0 Å². The first-order valence-corrected chi connectivity index (χ1v) is 7.98. The number of halogens is 1. The van der Waals surface area contributed by atoms with Crippen molar-refractivity contribution in [2.24, 2.45) is 0 Å². The third kappa shape index (κ3) is 3.13. The summed E-state index contributed by atoms with van der Waals surface area (Å²) in [5.41, 5.74) is 0.857. The summed E-state index contributed by atoms with van der Waals surface area (Å²) in [6, 6.07) is 5.77. The van der Waals surface area contributed by atoms with E-state index in [1.807, 2.05) is 4.90 Å². The Balaban J connectivity index is 1.76. The highest BCUT2D eigenvalue weighted by Crippen LogP contribution is 2.24. The molecule has 0 bridgehead atoms. The Hall–Kier alpha value is -1.91. The van der Waals surface area contributed by atoms with E-state index in [1.54, 1.807) is 17.0 Å². The van der Waals surface area contributed by atoms with Crippen molar-refractivity contribution >= 4 is 11.8 Å². The smallest absolute Gasteiger partial charge is 0.245 e. The van der Waals surface area contributed by atoms with E-state index in [9.17, 15) is 14.0 Å². The first kappa shape index (κ1) is 15.0. The van der Waals surface area contributed by atoms with Crippen molar-refractivity contribution in [3.8, 4) is 0 Å². The first-order valence-electron chi connectivity index (χ1n) is 7.98. The van der Waals surface area contributed by atoms with Crippen LogP contribution in [-0.2, 0) is 16.1 Å². The zero-order chi connectivity index (χ0) is 15.5. The number of nitrogens with zero attached hydrogens (tertiary/aromatic N) is 2. The molecule has 1 unspecified atom stereocenters. The van der Waals surface area contributed by atoms with Crippen LogP contribution in [0.4, 0.5) is 4.39 Å². The maximum Gasteiger partial charge on any atom is 0.245 e. The molecule has 0 aliphatic carbocycles. The van der Waals surface area contributed by atoms with Crippen LogP contribution in [0.2, 0.25) is 0 Å². The van der Waals surface area contributed by atoms with Crippen molar-refractivity contribution in [1.29, 1.82) is 0 Å². The molecule has 22 heavy (non-hydrogen) atoms. The quantitative estimate of drug-likeness (QED) is 0.860. The van der Waals surface area contributed by atoms with Crippen molar-refractivity contribution in [2.75, 3.05) is 13.1 Å². The van der Waals surface area contributed by atoms with Crippen LogP contribution >= 0.6 is 0 Å². The van der Waals surface area contributed by atoms with Crippen LogP contribution in [0.5, 0.6) is 0 Å². The second-order valence-electron chi connectivity index (χ2n) is 6.09. The lowest BCUT2D eigenvalue weighted by Crippen LogP contribution is -2.52. The molecule has 0 spiro atoms. The summed E-state index contributed by atoms with van der Waals surface area (Å²) in [5, 5.41) is 0. The fourth-order valence-corrected chi connectivity index (χ4v) is 3.31. The standard InChI is InChI=1S/C17H21FN2O2/c18-14-8-6-13(7-9-14)12-20-15(4-3-5-16(20)21)17(22)19-10-1-2-11-19/h6-9,15H,1-5,10-12H2. The minimum Gasteiger partial charge on any atom is -0.341 e. The Morgan fingerprint density at radius 3 is 2.50 bits per heavy atom. The highest BCUT2D eigenvalue weighted by molar-refractivity contribution is 5.89. The van der Waals surface area contributed by atoms with Crippen LogP contribution in [0.15, 0.2) is 24.3 Å². The SMILES string of the molecule is O=C(C1CCCC(=O)N1Cc1ccc(F)cc1)N1CCCC1. The van der Waals surface area contributed by atoms with Crippen LogP contribution in [0.1, 0.15) is 37.7 Å². The van der Waals surface area contributed by atoms with E-state index in [-0.39, 0.29) is 23.7 Å². The van der Waals surface area contributed by atoms with Gasteiger partial charge in [-0.25, -0.2) is 4.39 Å². The molecule has 2 amide bonds. The maximum atomic E-state index is 13.0. The number of hydrogen-bond acceptors (Lipinski definition) is 2. The van der Waals surface area contributed by atoms with E-state index in [0.29, 0.717) is 13.0 Å². The van der Waals surface area contributed by atoms with Gasteiger partial charge >= 0.3 is 0 Å². The van der Waals surface area contributed by atoms with Crippen molar-refractivity contribution in [2.45, 2.75) is 44.7 Å². The molecule has 2 heterocycles. The Bertz CT molecular complexity index is 552. The van der Waals surface area contributed by atoms with Gasteiger partial charge in [-0.05, 0) is 43.4 Å². The first-order chi connectivity index (χ1) is 10.6. The van der Waals surface area contributed by atoms with Crippen LogP contribution in [0.3, 0.4) is 0 Å². The summed E-state index contributed by atoms with van der Waals surface area (Å²) >= 11 is 0. The predicted octanol–water partition coefficient (Wildman–Crippen LogP) is 2.33. The average Bonchev–Trinajstić information content (AvgIpc) is 3.05. The predicted molar refractivity (Wildman–Crippen MR) is 80.4 cm³/mol. The van der Waals surface area contributed by atoms with Crippen molar-refractivity contribution in [1.82, 2.24) is 9.80 Å². The molecular weight excluding hydrogens is 283 g/mol. The van der Waals surface area contributed by atoms with E-state index in [0.717, 1.165) is 44.3 Å². The number of benzene rings is 1. The molecule has 4 nitrogen and oxygen atoms in total. The summed E-state index contributed by atoms with van der Waals surface area (Å²) in [6.45, 7) is 1.98. The summed E-state index contributed by atoms with van der Waals surface area (Å²) in [5.74, 6) is -0.195. The zero-order valence-corrected chi connectivity index (χ0v) is 12.6. The molecule has 2 saturated heterocycles. The Morgan fingerprint density at radius 2 is 1.82 bits per heavy atom. The molecule has 1 atom stereocenters. The molecule has 0 aromatic heterocycles. The zero-order valence-electron chi connectivity index (χ0n) is 12.6. The number of piperidine rings is 1. The molecule has 118 valence electrons. The lowest BCUT2D eigenvalue weighted by atomic mass is 9.99. The third-order valence-corrected chi connectivity index (χ3v) is 4.53. The van der Waals surface area contributed by atoms with Crippen LogP contribution in [-0.4, -0.2) is 40.7 Å². The third-order valence-electron chi connectivity index (χ3n) is 4.53. The number of hydrogen-bond donors (Lipinski definition) is 0. The van der Waals surface area contributed by atoms with Gasteiger partial charge in [0, 0.05) is 26.1 Å². The molecule has 0 saturated carbocycles. The summed E-state index contributed by atoms with van der Waals surface area (Å²) < 4.78 is 13.0. The fraction of sp³-hybridized carbons (Fsp3) is 0.529. The Kier molecular flexibility index (Phi) is 4.41. The highest BCUT2D eigenvalue weighted by atomic mass is 19.1. The van der Waals surface area contributed by atoms with E-state index in [4.69, 9.17) is 0 Å². The number of carbonyl (C=O) groups excluding carboxylic acids is 2. The van der Waals surface area contributed by atoms with E-state index in [2.05, 4.69) is 0 Å². The molecular formula is C17H21FN2O2. The number of carbonyl (C=O) groups is 2. The van der Waals surface area contributed by atoms with Gasteiger partial charge in [-0.2, -0.15) is 0 Å². The van der Waals surface area contributed by atoms with Crippen LogP contribution in [0, 0.1) is 5.82 Å². The molecule has 1 aromatic carbocycles. The number of likely N-dealkylation sites (tertiary alicyclic amines) is 2. The van der Waals surface area contributed by atoms with E-state index >= 15 is 0 Å². The lowest BCUT2D eigenvalue weighted by molar-refractivity contribution is -0.149.